The van der Waals surface area contributed by atoms with E-state index in [1.54, 1.807) is 6.07 Å². The van der Waals surface area contributed by atoms with Gasteiger partial charge in [-0.15, -0.1) is 0 Å². The second kappa shape index (κ2) is 15.6. The Kier molecular flexibility index (Phi) is 12.2. The molecule has 3 rings (SSSR count). The average Bonchev–Trinajstić information content (AvgIpc) is 2.92. The maximum absolute atomic E-state index is 12.8. The quantitative estimate of drug-likeness (QED) is 0.147. The van der Waals surface area contributed by atoms with Gasteiger partial charge >= 0.3 is 5.97 Å². The highest BCUT2D eigenvalue weighted by molar-refractivity contribution is 5.91. The summed E-state index contributed by atoms with van der Waals surface area (Å²) in [4.78, 5) is 12.8. The number of nitriles is 1. The zero-order chi connectivity index (χ0) is 26.5. The summed E-state index contributed by atoms with van der Waals surface area (Å²) >= 11 is 0. The Labute approximate surface area is 225 Å². The molecule has 0 aliphatic heterocycles. The van der Waals surface area contributed by atoms with Crippen LogP contribution < -0.4 is 4.74 Å². The van der Waals surface area contributed by atoms with E-state index >= 15 is 0 Å². The second-order valence-corrected chi connectivity index (χ2v) is 11.5. The van der Waals surface area contributed by atoms with E-state index in [0.717, 1.165) is 24.3 Å². The predicted molar refractivity (Wildman–Crippen MR) is 153 cm³/mol. The van der Waals surface area contributed by atoms with Gasteiger partial charge in [0.15, 0.2) is 0 Å². The van der Waals surface area contributed by atoms with Gasteiger partial charge in [-0.05, 0) is 91.7 Å². The molecule has 3 heteroatoms. The molecule has 2 aromatic carbocycles. The standard InChI is InChI=1S/C34H47NO2/c1-4-5-6-7-8-9-10-11-27-14-17-29(18-15-27)30-19-21-31(22-20-30)34(36)37-33-23-16-28(13-12-26(2)3)24-32(33)25-35/h16,19-24,26-27,29H,4-15,17-18H2,1-3H3. The number of hydrogen-bond donors (Lipinski definition) is 0. The fourth-order valence-electron chi connectivity index (χ4n) is 5.59. The molecule has 3 nitrogen and oxygen atoms in total. The minimum atomic E-state index is -0.406. The number of carbonyl (C=O) groups is 1. The number of nitrogens with zero attached hydrogens (tertiary/aromatic N) is 1. The number of esters is 1. The smallest absolute Gasteiger partial charge is 0.343 e. The summed E-state index contributed by atoms with van der Waals surface area (Å²) < 4.78 is 5.62. The van der Waals surface area contributed by atoms with E-state index in [4.69, 9.17) is 4.74 Å². The molecule has 0 spiro atoms. The third kappa shape index (κ3) is 9.66. The minimum absolute atomic E-state index is 0.337. The highest BCUT2D eigenvalue weighted by Crippen LogP contribution is 2.38. The summed E-state index contributed by atoms with van der Waals surface area (Å²) in [5.41, 5.74) is 3.38. The van der Waals surface area contributed by atoms with Crippen molar-refractivity contribution in [3.8, 4) is 11.8 Å². The maximum Gasteiger partial charge on any atom is 0.343 e. The van der Waals surface area contributed by atoms with Crippen LogP contribution in [0.25, 0.3) is 0 Å². The second-order valence-electron chi connectivity index (χ2n) is 11.5. The van der Waals surface area contributed by atoms with Crippen LogP contribution in [0.1, 0.15) is 137 Å². The van der Waals surface area contributed by atoms with Crippen molar-refractivity contribution in [2.75, 3.05) is 0 Å². The van der Waals surface area contributed by atoms with Crippen LogP contribution in [0.2, 0.25) is 0 Å². The van der Waals surface area contributed by atoms with Crippen molar-refractivity contribution in [2.24, 2.45) is 11.8 Å². The SMILES string of the molecule is CCCCCCCCCC1CCC(c2ccc(C(=O)Oc3ccc(CCC(C)C)cc3C#N)cc2)CC1. The molecule has 0 bridgehead atoms. The van der Waals surface area contributed by atoms with E-state index in [0.29, 0.717) is 28.7 Å². The van der Waals surface area contributed by atoms with Gasteiger partial charge in [0.25, 0.3) is 0 Å². The van der Waals surface area contributed by atoms with Gasteiger partial charge in [0, 0.05) is 0 Å². The Morgan fingerprint density at radius 3 is 2.27 bits per heavy atom. The van der Waals surface area contributed by atoms with E-state index < -0.39 is 5.97 Å². The molecule has 0 saturated heterocycles. The molecule has 1 aliphatic carbocycles. The first kappa shape index (κ1) is 29.0. The van der Waals surface area contributed by atoms with Crippen molar-refractivity contribution in [1.29, 1.82) is 5.26 Å². The largest absolute Gasteiger partial charge is 0.422 e. The van der Waals surface area contributed by atoms with Crippen LogP contribution in [-0.2, 0) is 6.42 Å². The Bertz CT molecular complexity index is 993. The molecule has 1 aliphatic rings. The molecule has 0 unspecified atom stereocenters. The molecular weight excluding hydrogens is 454 g/mol. The third-order valence-electron chi connectivity index (χ3n) is 8.06. The Hall–Kier alpha value is -2.60. The van der Waals surface area contributed by atoms with Gasteiger partial charge in [-0.2, -0.15) is 5.26 Å². The van der Waals surface area contributed by atoms with Crippen LogP contribution in [-0.4, -0.2) is 5.97 Å². The summed E-state index contributed by atoms with van der Waals surface area (Å²) in [6.07, 6.45) is 18.3. The number of rotatable bonds is 14. The van der Waals surface area contributed by atoms with Crippen molar-refractivity contribution in [3.05, 3.63) is 64.7 Å². The van der Waals surface area contributed by atoms with Gasteiger partial charge in [0.1, 0.15) is 11.8 Å². The third-order valence-corrected chi connectivity index (χ3v) is 8.06. The van der Waals surface area contributed by atoms with Gasteiger partial charge in [-0.1, -0.05) is 90.3 Å². The van der Waals surface area contributed by atoms with Crippen LogP contribution in [0.5, 0.6) is 5.75 Å². The van der Waals surface area contributed by atoms with Crippen molar-refractivity contribution in [2.45, 2.75) is 117 Å². The number of hydrogen-bond acceptors (Lipinski definition) is 3. The van der Waals surface area contributed by atoms with E-state index in [9.17, 15) is 10.1 Å². The van der Waals surface area contributed by atoms with E-state index in [2.05, 4.69) is 39.0 Å². The van der Waals surface area contributed by atoms with Crippen LogP contribution in [0.4, 0.5) is 0 Å². The first-order chi connectivity index (χ1) is 18.0. The molecule has 1 fully saturated rings. The van der Waals surface area contributed by atoms with Crippen LogP contribution in [0, 0.1) is 23.2 Å². The number of benzene rings is 2. The maximum atomic E-state index is 12.8. The summed E-state index contributed by atoms with van der Waals surface area (Å²) in [6, 6.07) is 15.7. The lowest BCUT2D eigenvalue weighted by Gasteiger charge is -2.29. The lowest BCUT2D eigenvalue weighted by atomic mass is 9.77. The Morgan fingerprint density at radius 1 is 0.946 bits per heavy atom. The first-order valence-electron chi connectivity index (χ1n) is 14.8. The van der Waals surface area contributed by atoms with Gasteiger partial charge < -0.3 is 4.74 Å². The molecular formula is C34H47NO2. The zero-order valence-electron chi connectivity index (χ0n) is 23.4. The highest BCUT2D eigenvalue weighted by Gasteiger charge is 2.22. The summed E-state index contributed by atoms with van der Waals surface area (Å²) in [5.74, 6) is 2.03. The van der Waals surface area contributed by atoms with Gasteiger partial charge in [-0.25, -0.2) is 4.79 Å². The monoisotopic (exact) mass is 501 g/mol. The Morgan fingerprint density at radius 2 is 1.62 bits per heavy atom. The predicted octanol–water partition coefficient (Wildman–Crippen LogP) is 9.78. The molecule has 0 atom stereocenters. The number of unbranched alkanes of at least 4 members (excludes halogenated alkanes) is 6. The van der Waals surface area contributed by atoms with Crippen molar-refractivity contribution >= 4 is 5.97 Å². The molecule has 0 aromatic heterocycles. The molecule has 37 heavy (non-hydrogen) atoms. The normalized spacial score (nSPS) is 17.5. The van der Waals surface area contributed by atoms with E-state index in [1.807, 2.05) is 24.3 Å². The first-order valence-corrected chi connectivity index (χ1v) is 14.8. The number of carbonyl (C=O) groups excluding carboxylic acids is 1. The summed E-state index contributed by atoms with van der Waals surface area (Å²) in [5, 5.41) is 9.56. The van der Waals surface area contributed by atoms with Gasteiger partial charge in [-0.3, -0.25) is 0 Å². The fourth-order valence-corrected chi connectivity index (χ4v) is 5.59. The lowest BCUT2D eigenvalue weighted by Crippen LogP contribution is -2.14. The zero-order valence-corrected chi connectivity index (χ0v) is 23.4. The fraction of sp³-hybridized carbons (Fsp3) is 0.588. The summed E-state index contributed by atoms with van der Waals surface area (Å²) in [6.45, 7) is 6.66. The Balaban J connectivity index is 1.44. The van der Waals surface area contributed by atoms with Crippen LogP contribution >= 0.6 is 0 Å². The van der Waals surface area contributed by atoms with Crippen LogP contribution in [0.15, 0.2) is 42.5 Å². The molecule has 2 aromatic rings. The minimum Gasteiger partial charge on any atom is -0.422 e. The number of ether oxygens (including phenoxy) is 1. The van der Waals surface area contributed by atoms with E-state index in [1.165, 1.54) is 82.6 Å². The van der Waals surface area contributed by atoms with Crippen molar-refractivity contribution < 1.29 is 9.53 Å². The summed E-state index contributed by atoms with van der Waals surface area (Å²) in [7, 11) is 0. The molecule has 0 radical (unpaired) electrons. The lowest BCUT2D eigenvalue weighted by molar-refractivity contribution is 0.0734. The topological polar surface area (TPSA) is 50.1 Å². The van der Waals surface area contributed by atoms with Crippen molar-refractivity contribution in [3.63, 3.8) is 0 Å². The molecule has 0 amide bonds. The van der Waals surface area contributed by atoms with Crippen molar-refractivity contribution in [1.82, 2.24) is 0 Å². The molecule has 200 valence electrons. The molecule has 0 heterocycles. The van der Waals surface area contributed by atoms with Gasteiger partial charge in [0.2, 0.25) is 0 Å². The molecule has 0 N–H and O–H groups in total. The highest BCUT2D eigenvalue weighted by atomic mass is 16.5. The van der Waals surface area contributed by atoms with Crippen LogP contribution in [0.3, 0.4) is 0 Å². The molecule has 1 saturated carbocycles. The van der Waals surface area contributed by atoms with E-state index in [-0.39, 0.29) is 0 Å². The average molecular weight is 502 g/mol. The number of aryl methyl sites for hydroxylation is 1. The van der Waals surface area contributed by atoms with Gasteiger partial charge in [0.05, 0.1) is 11.1 Å².